The predicted octanol–water partition coefficient (Wildman–Crippen LogP) is 3.36. The number of anilines is 1. The van der Waals surface area contributed by atoms with E-state index in [1.54, 1.807) is 11.6 Å². The summed E-state index contributed by atoms with van der Waals surface area (Å²) in [5, 5.41) is 18.7. The van der Waals surface area contributed by atoms with E-state index in [1.807, 2.05) is 30.3 Å². The van der Waals surface area contributed by atoms with E-state index < -0.39 is 6.10 Å². The molecule has 0 aliphatic carbocycles. The molecule has 1 aromatic carbocycles. The van der Waals surface area contributed by atoms with E-state index in [1.165, 1.54) is 12.8 Å². The van der Waals surface area contributed by atoms with Crippen LogP contribution < -0.4 is 5.73 Å². The molecule has 0 aliphatic heterocycles. The van der Waals surface area contributed by atoms with E-state index in [9.17, 15) is 5.11 Å². The Morgan fingerprint density at radius 2 is 1.88 bits per heavy atom. The Morgan fingerprint density at radius 3 is 2.58 bits per heavy atom. The minimum atomic E-state index is -0.558. The van der Waals surface area contributed by atoms with Crippen LogP contribution in [-0.4, -0.2) is 36.2 Å². The van der Waals surface area contributed by atoms with Crippen molar-refractivity contribution in [3.8, 4) is 11.4 Å². The standard InChI is InChI=1S/C19H26N6O/c1-3-4-5-9-12-15(13(2)26)25-19-16(23-24-25)17(20)21-18(22-19)14-10-7-6-8-11-14/h6-8,10-11,13,15,26H,3-5,9,12H2,1-2H3,(H2,20,21,22)/t13-,15-/m0/s1. The first-order valence-corrected chi connectivity index (χ1v) is 9.23. The highest BCUT2D eigenvalue weighted by Gasteiger charge is 2.23. The van der Waals surface area contributed by atoms with E-state index >= 15 is 0 Å². The fourth-order valence-electron chi connectivity index (χ4n) is 3.14. The highest BCUT2D eigenvalue weighted by Crippen LogP contribution is 2.26. The SMILES string of the molecule is CCCCCC[C@@H]([C@H](C)O)n1nnc2c(N)nc(-c3ccccc3)nc21. The zero-order chi connectivity index (χ0) is 18.5. The third kappa shape index (κ3) is 3.83. The van der Waals surface area contributed by atoms with Crippen molar-refractivity contribution in [2.24, 2.45) is 0 Å². The third-order valence-corrected chi connectivity index (χ3v) is 4.61. The van der Waals surface area contributed by atoms with Crippen molar-refractivity contribution in [1.82, 2.24) is 25.0 Å². The van der Waals surface area contributed by atoms with Gasteiger partial charge in [-0.25, -0.2) is 14.6 Å². The Hall–Kier alpha value is -2.54. The fourth-order valence-corrected chi connectivity index (χ4v) is 3.14. The van der Waals surface area contributed by atoms with Crippen LogP contribution in [-0.2, 0) is 0 Å². The second-order valence-corrected chi connectivity index (χ2v) is 6.66. The Labute approximate surface area is 153 Å². The smallest absolute Gasteiger partial charge is 0.184 e. The van der Waals surface area contributed by atoms with E-state index in [4.69, 9.17) is 5.73 Å². The highest BCUT2D eigenvalue weighted by molar-refractivity contribution is 5.83. The maximum Gasteiger partial charge on any atom is 0.184 e. The number of hydrogen-bond acceptors (Lipinski definition) is 6. The number of hydrogen-bond donors (Lipinski definition) is 2. The summed E-state index contributed by atoms with van der Waals surface area (Å²) in [4.78, 5) is 9.01. The van der Waals surface area contributed by atoms with Crippen molar-refractivity contribution < 1.29 is 5.11 Å². The maximum atomic E-state index is 10.3. The molecule has 7 nitrogen and oxygen atoms in total. The van der Waals surface area contributed by atoms with Gasteiger partial charge >= 0.3 is 0 Å². The van der Waals surface area contributed by atoms with E-state index in [0.29, 0.717) is 22.8 Å². The maximum absolute atomic E-state index is 10.3. The first kappa shape index (κ1) is 18.3. The Bertz CT molecular complexity index is 846. The van der Waals surface area contributed by atoms with Gasteiger partial charge in [-0.15, -0.1) is 5.10 Å². The summed E-state index contributed by atoms with van der Waals surface area (Å²) < 4.78 is 1.70. The number of nitrogens with zero attached hydrogens (tertiary/aromatic N) is 5. The fraction of sp³-hybridized carbons (Fsp3) is 0.474. The van der Waals surface area contributed by atoms with Crippen LogP contribution in [0.5, 0.6) is 0 Å². The molecule has 3 aromatic rings. The van der Waals surface area contributed by atoms with Crippen molar-refractivity contribution in [1.29, 1.82) is 0 Å². The van der Waals surface area contributed by atoms with Crippen LogP contribution in [0, 0.1) is 0 Å². The zero-order valence-corrected chi connectivity index (χ0v) is 15.3. The molecule has 138 valence electrons. The van der Waals surface area contributed by atoms with Crippen molar-refractivity contribution >= 4 is 17.0 Å². The molecule has 0 saturated heterocycles. The van der Waals surface area contributed by atoms with Gasteiger partial charge in [0.15, 0.2) is 22.8 Å². The lowest BCUT2D eigenvalue weighted by Crippen LogP contribution is -2.23. The van der Waals surface area contributed by atoms with Gasteiger partial charge in [-0.3, -0.25) is 0 Å². The molecule has 3 rings (SSSR count). The molecular formula is C19H26N6O. The van der Waals surface area contributed by atoms with Crippen LogP contribution in [0.15, 0.2) is 30.3 Å². The second kappa shape index (κ2) is 8.23. The van der Waals surface area contributed by atoms with Crippen LogP contribution in [0.25, 0.3) is 22.6 Å². The summed E-state index contributed by atoms with van der Waals surface area (Å²) in [5.41, 5.74) is 8.02. The predicted molar refractivity (Wildman–Crippen MR) is 102 cm³/mol. The average Bonchev–Trinajstić information content (AvgIpc) is 3.06. The number of nitrogens with two attached hydrogens (primary N) is 1. The molecule has 2 aromatic heterocycles. The molecule has 0 aliphatic rings. The van der Waals surface area contributed by atoms with Gasteiger partial charge in [-0.2, -0.15) is 0 Å². The van der Waals surface area contributed by atoms with Crippen molar-refractivity contribution in [2.75, 3.05) is 5.73 Å². The van der Waals surface area contributed by atoms with Crippen LogP contribution in [0.1, 0.15) is 52.0 Å². The molecule has 2 atom stereocenters. The summed E-state index contributed by atoms with van der Waals surface area (Å²) in [6.45, 7) is 3.96. The minimum Gasteiger partial charge on any atom is -0.391 e. The Balaban J connectivity index is 1.98. The summed E-state index contributed by atoms with van der Waals surface area (Å²) in [7, 11) is 0. The number of unbranched alkanes of at least 4 members (excludes halogenated alkanes) is 3. The molecule has 0 fully saturated rings. The number of aliphatic hydroxyl groups excluding tert-OH is 1. The van der Waals surface area contributed by atoms with Gasteiger partial charge in [-0.05, 0) is 13.3 Å². The lowest BCUT2D eigenvalue weighted by molar-refractivity contribution is 0.116. The van der Waals surface area contributed by atoms with Gasteiger partial charge in [0.2, 0.25) is 0 Å². The summed E-state index contributed by atoms with van der Waals surface area (Å²) in [6, 6.07) is 9.49. The Kier molecular flexibility index (Phi) is 5.78. The molecule has 0 bridgehead atoms. The molecule has 0 radical (unpaired) electrons. The molecule has 0 unspecified atom stereocenters. The minimum absolute atomic E-state index is 0.185. The molecular weight excluding hydrogens is 328 g/mol. The lowest BCUT2D eigenvalue weighted by Gasteiger charge is -2.20. The van der Waals surface area contributed by atoms with Crippen LogP contribution in [0.4, 0.5) is 5.82 Å². The molecule has 7 heteroatoms. The topological polar surface area (TPSA) is 103 Å². The van der Waals surface area contributed by atoms with E-state index in [-0.39, 0.29) is 6.04 Å². The summed E-state index contributed by atoms with van der Waals surface area (Å²) >= 11 is 0. The van der Waals surface area contributed by atoms with Crippen molar-refractivity contribution in [3.63, 3.8) is 0 Å². The monoisotopic (exact) mass is 354 g/mol. The highest BCUT2D eigenvalue weighted by atomic mass is 16.3. The van der Waals surface area contributed by atoms with Crippen molar-refractivity contribution in [2.45, 2.75) is 58.1 Å². The summed E-state index contributed by atoms with van der Waals surface area (Å²) in [5.74, 6) is 0.838. The number of aromatic nitrogens is 5. The van der Waals surface area contributed by atoms with Crippen LogP contribution in [0.2, 0.25) is 0 Å². The normalized spacial score (nSPS) is 13.8. The average molecular weight is 354 g/mol. The van der Waals surface area contributed by atoms with Gasteiger partial charge in [0, 0.05) is 5.56 Å². The number of rotatable bonds is 8. The summed E-state index contributed by atoms with van der Waals surface area (Å²) in [6.07, 6.45) is 4.79. The lowest BCUT2D eigenvalue weighted by atomic mass is 10.0. The first-order chi connectivity index (χ1) is 12.6. The number of benzene rings is 1. The third-order valence-electron chi connectivity index (χ3n) is 4.61. The number of aliphatic hydroxyl groups is 1. The molecule has 2 heterocycles. The van der Waals surface area contributed by atoms with E-state index in [0.717, 1.165) is 24.8 Å². The number of nitrogen functional groups attached to an aromatic ring is 1. The van der Waals surface area contributed by atoms with Crippen molar-refractivity contribution in [3.05, 3.63) is 30.3 Å². The molecule has 0 spiro atoms. The molecule has 0 saturated carbocycles. The molecule has 0 amide bonds. The van der Waals surface area contributed by atoms with E-state index in [2.05, 4.69) is 27.2 Å². The van der Waals surface area contributed by atoms with Gasteiger partial charge in [0.05, 0.1) is 12.1 Å². The molecule has 26 heavy (non-hydrogen) atoms. The van der Waals surface area contributed by atoms with Gasteiger partial charge in [0.1, 0.15) is 0 Å². The first-order valence-electron chi connectivity index (χ1n) is 9.23. The van der Waals surface area contributed by atoms with Crippen LogP contribution >= 0.6 is 0 Å². The van der Waals surface area contributed by atoms with Crippen LogP contribution in [0.3, 0.4) is 0 Å². The number of fused-ring (bicyclic) bond motifs is 1. The largest absolute Gasteiger partial charge is 0.391 e. The van der Waals surface area contributed by atoms with Gasteiger partial charge in [-0.1, -0.05) is 68.2 Å². The quantitative estimate of drug-likeness (QED) is 0.601. The Morgan fingerprint density at radius 1 is 1.12 bits per heavy atom. The zero-order valence-electron chi connectivity index (χ0n) is 15.3. The molecule has 3 N–H and O–H groups in total. The van der Waals surface area contributed by atoms with Gasteiger partial charge < -0.3 is 10.8 Å². The van der Waals surface area contributed by atoms with Gasteiger partial charge in [0.25, 0.3) is 0 Å². The second-order valence-electron chi connectivity index (χ2n) is 6.66.